The summed E-state index contributed by atoms with van der Waals surface area (Å²) in [6.45, 7) is 2.24. The van der Waals surface area contributed by atoms with Crippen molar-refractivity contribution in [2.24, 2.45) is 5.92 Å². The molecule has 0 radical (unpaired) electrons. The van der Waals surface area contributed by atoms with Crippen LogP contribution in [0.2, 0.25) is 0 Å². The van der Waals surface area contributed by atoms with Crippen LogP contribution in [0.3, 0.4) is 0 Å². The number of hydrogen-bond acceptors (Lipinski definition) is 3. The Morgan fingerprint density at radius 1 is 1.45 bits per heavy atom. The molecule has 1 atom stereocenters. The highest BCUT2D eigenvalue weighted by molar-refractivity contribution is 5.86. The number of H-pyrrole nitrogens is 1. The van der Waals surface area contributed by atoms with Gasteiger partial charge in [-0.05, 0) is 24.6 Å². The lowest BCUT2D eigenvalue weighted by Crippen LogP contribution is -2.33. The summed E-state index contributed by atoms with van der Waals surface area (Å²) in [6.07, 6.45) is 2.88. The standard InChI is InChI=1S/C15H18N2O3/c18-15(17-8-11-5-7-19-9-11)10-20-14-3-1-2-13-12(14)4-6-16-13/h1-4,6,11,16H,5,7-10H2,(H,17,18)/t11-/m0/s1. The van der Waals surface area contributed by atoms with Gasteiger partial charge in [-0.2, -0.15) is 0 Å². The van der Waals surface area contributed by atoms with Gasteiger partial charge in [0.05, 0.1) is 6.61 Å². The molecule has 1 fully saturated rings. The molecule has 1 amide bonds. The first kappa shape index (κ1) is 13.0. The van der Waals surface area contributed by atoms with E-state index in [1.165, 1.54) is 0 Å². The van der Waals surface area contributed by atoms with Gasteiger partial charge in [0, 0.05) is 36.2 Å². The van der Waals surface area contributed by atoms with Crippen LogP contribution >= 0.6 is 0 Å². The van der Waals surface area contributed by atoms with Crippen molar-refractivity contribution in [1.29, 1.82) is 0 Å². The first-order valence-electron chi connectivity index (χ1n) is 6.86. The second-order valence-corrected chi connectivity index (χ2v) is 5.02. The van der Waals surface area contributed by atoms with Crippen molar-refractivity contribution >= 4 is 16.8 Å². The van der Waals surface area contributed by atoms with Crippen molar-refractivity contribution in [3.63, 3.8) is 0 Å². The summed E-state index contributed by atoms with van der Waals surface area (Å²) >= 11 is 0. The lowest BCUT2D eigenvalue weighted by molar-refractivity contribution is -0.123. The van der Waals surface area contributed by atoms with E-state index < -0.39 is 0 Å². The number of fused-ring (bicyclic) bond motifs is 1. The monoisotopic (exact) mass is 274 g/mol. The van der Waals surface area contributed by atoms with Crippen molar-refractivity contribution in [2.75, 3.05) is 26.4 Å². The van der Waals surface area contributed by atoms with Crippen LogP contribution in [-0.4, -0.2) is 37.3 Å². The molecule has 5 nitrogen and oxygen atoms in total. The van der Waals surface area contributed by atoms with Crippen molar-refractivity contribution in [3.8, 4) is 5.75 Å². The van der Waals surface area contributed by atoms with Crippen LogP contribution in [-0.2, 0) is 9.53 Å². The zero-order valence-electron chi connectivity index (χ0n) is 11.2. The van der Waals surface area contributed by atoms with Gasteiger partial charge in [-0.15, -0.1) is 0 Å². The highest BCUT2D eigenvalue weighted by Gasteiger charge is 2.16. The van der Waals surface area contributed by atoms with Crippen molar-refractivity contribution in [3.05, 3.63) is 30.5 Å². The summed E-state index contributed by atoms with van der Waals surface area (Å²) in [5.41, 5.74) is 1.01. The number of nitrogens with one attached hydrogen (secondary N) is 2. The van der Waals surface area contributed by atoms with Crippen LogP contribution in [0.25, 0.3) is 10.9 Å². The summed E-state index contributed by atoms with van der Waals surface area (Å²) in [7, 11) is 0. The van der Waals surface area contributed by atoms with Gasteiger partial charge in [0.1, 0.15) is 5.75 Å². The van der Waals surface area contributed by atoms with Crippen LogP contribution < -0.4 is 10.1 Å². The molecule has 5 heteroatoms. The van der Waals surface area contributed by atoms with E-state index in [1.807, 2.05) is 30.5 Å². The second-order valence-electron chi connectivity index (χ2n) is 5.02. The zero-order valence-corrected chi connectivity index (χ0v) is 11.2. The third-order valence-corrected chi connectivity index (χ3v) is 3.53. The SMILES string of the molecule is O=C(COc1cccc2[nH]ccc12)NC[C@@H]1CCOC1. The third-order valence-electron chi connectivity index (χ3n) is 3.53. The van der Waals surface area contributed by atoms with Crippen molar-refractivity contribution in [1.82, 2.24) is 10.3 Å². The molecule has 0 unspecified atom stereocenters. The van der Waals surface area contributed by atoms with Crippen LogP contribution in [0, 0.1) is 5.92 Å². The summed E-state index contributed by atoms with van der Waals surface area (Å²) in [5, 5.41) is 3.88. The maximum atomic E-state index is 11.8. The molecule has 2 N–H and O–H groups in total. The first-order valence-corrected chi connectivity index (χ1v) is 6.86. The Morgan fingerprint density at radius 2 is 2.40 bits per heavy atom. The fourth-order valence-corrected chi connectivity index (χ4v) is 2.38. The minimum Gasteiger partial charge on any atom is -0.483 e. The minimum absolute atomic E-state index is 0.0396. The second kappa shape index (κ2) is 5.96. The number of rotatable bonds is 5. The number of benzene rings is 1. The van der Waals surface area contributed by atoms with Crippen molar-refractivity contribution in [2.45, 2.75) is 6.42 Å². The highest BCUT2D eigenvalue weighted by atomic mass is 16.5. The van der Waals surface area contributed by atoms with E-state index in [0.717, 1.165) is 36.3 Å². The highest BCUT2D eigenvalue weighted by Crippen LogP contribution is 2.24. The molecule has 0 saturated carbocycles. The van der Waals surface area contributed by atoms with Gasteiger partial charge >= 0.3 is 0 Å². The molecule has 106 valence electrons. The van der Waals surface area contributed by atoms with Gasteiger partial charge in [0.2, 0.25) is 0 Å². The maximum absolute atomic E-state index is 11.8. The molecule has 1 saturated heterocycles. The molecule has 0 bridgehead atoms. The summed E-state index contributed by atoms with van der Waals surface area (Å²) in [6, 6.07) is 7.69. The number of amides is 1. The van der Waals surface area contributed by atoms with E-state index >= 15 is 0 Å². The van der Waals surface area contributed by atoms with Crippen LogP contribution in [0.1, 0.15) is 6.42 Å². The Kier molecular flexibility index (Phi) is 3.87. The Balaban J connectivity index is 1.51. The summed E-state index contributed by atoms with van der Waals surface area (Å²) in [4.78, 5) is 14.9. The number of aromatic amines is 1. The van der Waals surface area contributed by atoms with Gasteiger partial charge < -0.3 is 19.8 Å². The quantitative estimate of drug-likeness (QED) is 0.872. The fraction of sp³-hybridized carbons (Fsp3) is 0.400. The van der Waals surface area contributed by atoms with Gasteiger partial charge in [0.15, 0.2) is 6.61 Å². The Labute approximate surface area is 117 Å². The first-order chi connectivity index (χ1) is 9.83. The molecule has 3 rings (SSSR count). The van der Waals surface area contributed by atoms with E-state index in [4.69, 9.17) is 9.47 Å². The zero-order chi connectivity index (χ0) is 13.8. The fourth-order valence-electron chi connectivity index (χ4n) is 2.38. The topological polar surface area (TPSA) is 63.4 Å². The Hall–Kier alpha value is -2.01. The molecule has 1 aliphatic rings. The number of ether oxygens (including phenoxy) is 2. The van der Waals surface area contributed by atoms with E-state index in [1.54, 1.807) is 0 Å². The Bertz CT molecular complexity index is 588. The van der Waals surface area contributed by atoms with E-state index in [-0.39, 0.29) is 12.5 Å². The Morgan fingerprint density at radius 3 is 3.25 bits per heavy atom. The molecule has 20 heavy (non-hydrogen) atoms. The molecular weight excluding hydrogens is 256 g/mol. The predicted octanol–water partition coefficient (Wildman–Crippen LogP) is 1.70. The lowest BCUT2D eigenvalue weighted by Gasteiger charge is -2.11. The molecular formula is C15H18N2O3. The molecule has 2 heterocycles. The largest absolute Gasteiger partial charge is 0.483 e. The smallest absolute Gasteiger partial charge is 0.257 e. The number of hydrogen-bond donors (Lipinski definition) is 2. The average Bonchev–Trinajstić information content (AvgIpc) is 3.13. The molecule has 1 aromatic carbocycles. The molecule has 2 aromatic rings. The van der Waals surface area contributed by atoms with E-state index in [9.17, 15) is 4.79 Å². The molecule has 1 aliphatic heterocycles. The molecule has 1 aromatic heterocycles. The lowest BCUT2D eigenvalue weighted by atomic mass is 10.1. The van der Waals surface area contributed by atoms with Crippen molar-refractivity contribution < 1.29 is 14.3 Å². The molecule has 0 aliphatic carbocycles. The minimum atomic E-state index is -0.0931. The maximum Gasteiger partial charge on any atom is 0.257 e. The summed E-state index contributed by atoms with van der Waals surface area (Å²) < 4.78 is 10.9. The number of carbonyl (C=O) groups is 1. The van der Waals surface area contributed by atoms with Gasteiger partial charge in [0.25, 0.3) is 5.91 Å². The van der Waals surface area contributed by atoms with E-state index in [2.05, 4.69) is 10.3 Å². The number of aromatic nitrogens is 1. The number of carbonyl (C=O) groups excluding carboxylic acids is 1. The van der Waals surface area contributed by atoms with E-state index in [0.29, 0.717) is 12.5 Å². The van der Waals surface area contributed by atoms with Crippen LogP contribution in [0.15, 0.2) is 30.5 Å². The third kappa shape index (κ3) is 2.93. The van der Waals surface area contributed by atoms with Gasteiger partial charge in [-0.1, -0.05) is 6.07 Å². The van der Waals surface area contributed by atoms with Crippen LogP contribution in [0.5, 0.6) is 5.75 Å². The predicted molar refractivity (Wildman–Crippen MR) is 75.7 cm³/mol. The summed E-state index contributed by atoms with van der Waals surface area (Å²) in [5.74, 6) is 1.07. The van der Waals surface area contributed by atoms with Gasteiger partial charge in [-0.25, -0.2) is 0 Å². The average molecular weight is 274 g/mol. The normalized spacial score (nSPS) is 18.3. The van der Waals surface area contributed by atoms with Gasteiger partial charge in [-0.3, -0.25) is 4.79 Å². The molecule has 0 spiro atoms. The van der Waals surface area contributed by atoms with Crippen LogP contribution in [0.4, 0.5) is 0 Å².